The van der Waals surface area contributed by atoms with Gasteiger partial charge < -0.3 is 9.47 Å². The van der Waals surface area contributed by atoms with Gasteiger partial charge in [0.25, 0.3) is 0 Å². The van der Waals surface area contributed by atoms with Gasteiger partial charge in [0.1, 0.15) is 5.37 Å². The van der Waals surface area contributed by atoms with E-state index in [1.54, 1.807) is 43.0 Å². The maximum Gasteiger partial charge on any atom is 0.238 e. The molecule has 0 unspecified atom stereocenters. The second-order valence-electron chi connectivity index (χ2n) is 4.99. The van der Waals surface area contributed by atoms with E-state index in [-0.39, 0.29) is 11.3 Å². The van der Waals surface area contributed by atoms with Gasteiger partial charge in [-0.15, -0.1) is 11.8 Å². The van der Waals surface area contributed by atoms with E-state index in [1.807, 2.05) is 30.3 Å². The Morgan fingerprint density at radius 1 is 1.13 bits per heavy atom. The summed E-state index contributed by atoms with van der Waals surface area (Å²) in [6, 6.07) is 13.0. The van der Waals surface area contributed by atoms with Gasteiger partial charge in [0.15, 0.2) is 11.5 Å². The van der Waals surface area contributed by atoms with Crippen molar-refractivity contribution in [1.29, 1.82) is 0 Å². The van der Waals surface area contributed by atoms with Gasteiger partial charge in [0.05, 0.1) is 20.0 Å². The third-order valence-corrected chi connectivity index (χ3v) is 5.12. The molecule has 0 aliphatic carbocycles. The van der Waals surface area contributed by atoms with Crippen LogP contribution in [0.5, 0.6) is 11.5 Å². The number of nitrogens with zero attached hydrogens (tertiary/aromatic N) is 1. The molecule has 120 valence electrons. The van der Waals surface area contributed by atoms with Crippen molar-refractivity contribution in [2.45, 2.75) is 5.37 Å². The topological polar surface area (TPSA) is 38.8 Å². The molecule has 1 saturated heterocycles. The van der Waals surface area contributed by atoms with Crippen LogP contribution in [0.3, 0.4) is 0 Å². The van der Waals surface area contributed by atoms with Gasteiger partial charge in [-0.2, -0.15) is 0 Å². The molecule has 2 aromatic carbocycles. The molecule has 6 heteroatoms. The van der Waals surface area contributed by atoms with Crippen LogP contribution in [0.15, 0.2) is 42.5 Å². The van der Waals surface area contributed by atoms with Crippen molar-refractivity contribution >= 4 is 35.0 Å². The number of carbonyl (C=O) groups is 1. The van der Waals surface area contributed by atoms with Gasteiger partial charge in [-0.05, 0) is 30.3 Å². The van der Waals surface area contributed by atoms with Crippen LogP contribution < -0.4 is 14.4 Å². The molecule has 1 aliphatic rings. The first kappa shape index (κ1) is 16.0. The minimum atomic E-state index is -0.159. The second kappa shape index (κ2) is 6.72. The summed E-state index contributed by atoms with van der Waals surface area (Å²) < 4.78 is 10.9. The Hall–Kier alpha value is -1.85. The maximum atomic E-state index is 12.4. The van der Waals surface area contributed by atoms with E-state index in [0.29, 0.717) is 22.3 Å². The van der Waals surface area contributed by atoms with E-state index in [2.05, 4.69) is 0 Å². The molecule has 1 heterocycles. The number of halogens is 1. The fourth-order valence-corrected chi connectivity index (χ4v) is 3.96. The molecule has 1 aliphatic heterocycles. The van der Waals surface area contributed by atoms with E-state index in [4.69, 9.17) is 21.1 Å². The van der Waals surface area contributed by atoms with Crippen LogP contribution in [0.25, 0.3) is 0 Å². The van der Waals surface area contributed by atoms with Crippen LogP contribution in [0.1, 0.15) is 10.9 Å². The van der Waals surface area contributed by atoms with Crippen LogP contribution in [-0.2, 0) is 4.79 Å². The minimum Gasteiger partial charge on any atom is -0.493 e. The largest absolute Gasteiger partial charge is 0.493 e. The van der Waals surface area contributed by atoms with Crippen molar-refractivity contribution in [2.24, 2.45) is 0 Å². The highest BCUT2D eigenvalue weighted by Gasteiger charge is 2.36. The standard InChI is InChI=1S/C17H16ClNO3S/c1-21-14-5-3-4-13(16(14)22-2)17-19(15(20)10-23-17)12-8-6-11(18)7-9-12/h3-9,17H,10H2,1-2H3/t17-/m1/s1. The number of ether oxygens (including phenoxy) is 2. The summed E-state index contributed by atoms with van der Waals surface area (Å²) in [6.45, 7) is 0. The summed E-state index contributed by atoms with van der Waals surface area (Å²) in [5.74, 6) is 1.79. The van der Waals surface area contributed by atoms with Crippen molar-refractivity contribution in [3.8, 4) is 11.5 Å². The smallest absolute Gasteiger partial charge is 0.238 e. The Bertz CT molecular complexity index is 720. The molecule has 4 nitrogen and oxygen atoms in total. The van der Waals surface area contributed by atoms with Gasteiger partial charge in [-0.1, -0.05) is 23.7 Å². The third-order valence-electron chi connectivity index (χ3n) is 3.67. The highest BCUT2D eigenvalue weighted by atomic mass is 35.5. The number of thioether (sulfide) groups is 1. The molecule has 0 saturated carbocycles. The molecule has 0 bridgehead atoms. The van der Waals surface area contributed by atoms with Gasteiger partial charge in [0.2, 0.25) is 5.91 Å². The van der Waals surface area contributed by atoms with Crippen molar-refractivity contribution in [2.75, 3.05) is 24.9 Å². The molecule has 0 N–H and O–H groups in total. The lowest BCUT2D eigenvalue weighted by Crippen LogP contribution is -2.28. The van der Waals surface area contributed by atoms with E-state index >= 15 is 0 Å². The zero-order valence-electron chi connectivity index (χ0n) is 12.8. The van der Waals surface area contributed by atoms with E-state index in [1.165, 1.54) is 0 Å². The lowest BCUT2D eigenvalue weighted by Gasteiger charge is -2.26. The van der Waals surface area contributed by atoms with Crippen molar-refractivity contribution in [1.82, 2.24) is 0 Å². The highest BCUT2D eigenvalue weighted by molar-refractivity contribution is 8.00. The lowest BCUT2D eigenvalue weighted by molar-refractivity contribution is -0.115. The highest BCUT2D eigenvalue weighted by Crippen LogP contribution is 2.47. The Morgan fingerprint density at radius 3 is 2.52 bits per heavy atom. The maximum absolute atomic E-state index is 12.4. The molecular weight excluding hydrogens is 334 g/mol. The molecule has 0 radical (unpaired) electrons. The zero-order chi connectivity index (χ0) is 16.4. The number of methoxy groups -OCH3 is 2. The van der Waals surface area contributed by atoms with Crippen LogP contribution in [-0.4, -0.2) is 25.9 Å². The van der Waals surface area contributed by atoms with E-state index < -0.39 is 0 Å². The van der Waals surface area contributed by atoms with Crippen LogP contribution >= 0.6 is 23.4 Å². The Balaban J connectivity index is 2.05. The molecule has 0 spiro atoms. The van der Waals surface area contributed by atoms with E-state index in [9.17, 15) is 4.79 Å². The molecule has 3 rings (SSSR count). The summed E-state index contributed by atoms with van der Waals surface area (Å²) in [5.41, 5.74) is 1.73. The molecule has 1 fully saturated rings. The number of benzene rings is 2. The van der Waals surface area contributed by atoms with Gasteiger partial charge in [0, 0.05) is 16.3 Å². The molecule has 1 amide bonds. The Kier molecular flexibility index (Phi) is 4.68. The normalized spacial score (nSPS) is 17.4. The van der Waals surface area contributed by atoms with Crippen molar-refractivity contribution in [3.05, 3.63) is 53.1 Å². The lowest BCUT2D eigenvalue weighted by atomic mass is 10.1. The third kappa shape index (κ3) is 2.99. The van der Waals surface area contributed by atoms with Crippen LogP contribution in [0.4, 0.5) is 5.69 Å². The second-order valence-corrected chi connectivity index (χ2v) is 6.49. The van der Waals surface area contributed by atoms with Gasteiger partial charge >= 0.3 is 0 Å². The summed E-state index contributed by atoms with van der Waals surface area (Å²) >= 11 is 7.52. The van der Waals surface area contributed by atoms with Crippen LogP contribution in [0, 0.1) is 0 Å². The molecule has 23 heavy (non-hydrogen) atoms. The summed E-state index contributed by atoms with van der Waals surface area (Å²) in [5, 5.41) is 0.484. The number of amides is 1. The first-order valence-corrected chi connectivity index (χ1v) is 8.48. The van der Waals surface area contributed by atoms with Gasteiger partial charge in [-0.3, -0.25) is 9.69 Å². The van der Waals surface area contributed by atoms with Crippen LogP contribution in [0.2, 0.25) is 5.02 Å². The minimum absolute atomic E-state index is 0.0622. The zero-order valence-corrected chi connectivity index (χ0v) is 14.4. The molecule has 0 aromatic heterocycles. The number of para-hydroxylation sites is 1. The number of hydrogen-bond acceptors (Lipinski definition) is 4. The Morgan fingerprint density at radius 2 is 1.87 bits per heavy atom. The Labute approximate surface area is 144 Å². The first-order chi connectivity index (χ1) is 11.2. The average molecular weight is 350 g/mol. The van der Waals surface area contributed by atoms with Crippen molar-refractivity contribution in [3.63, 3.8) is 0 Å². The SMILES string of the molecule is COc1cccc([C@H]2SCC(=O)N2c2ccc(Cl)cc2)c1OC. The number of anilines is 1. The molecule has 2 aromatic rings. The fraction of sp³-hybridized carbons (Fsp3) is 0.235. The fourth-order valence-electron chi connectivity index (χ4n) is 2.64. The number of rotatable bonds is 4. The molecule has 1 atom stereocenters. The molecular formula is C17H16ClNO3S. The summed E-state index contributed by atoms with van der Waals surface area (Å²) in [6.07, 6.45) is 0. The van der Waals surface area contributed by atoms with E-state index in [0.717, 1.165) is 11.3 Å². The predicted octanol–water partition coefficient (Wildman–Crippen LogP) is 4.14. The summed E-state index contributed by atoms with van der Waals surface area (Å²) in [7, 11) is 3.21. The quantitative estimate of drug-likeness (QED) is 0.831. The summed E-state index contributed by atoms with van der Waals surface area (Å²) in [4.78, 5) is 14.2. The van der Waals surface area contributed by atoms with Crippen molar-refractivity contribution < 1.29 is 14.3 Å². The first-order valence-electron chi connectivity index (χ1n) is 7.06. The monoisotopic (exact) mass is 349 g/mol. The number of carbonyl (C=O) groups excluding carboxylic acids is 1. The van der Waals surface area contributed by atoms with Gasteiger partial charge in [-0.25, -0.2) is 0 Å². The predicted molar refractivity (Wildman–Crippen MR) is 93.7 cm³/mol. The average Bonchev–Trinajstić information content (AvgIpc) is 2.96. The number of hydrogen-bond donors (Lipinski definition) is 0.